The van der Waals surface area contributed by atoms with Crippen LogP contribution in [0.15, 0.2) is 40.9 Å². The molecule has 1 saturated carbocycles. The van der Waals surface area contributed by atoms with Gasteiger partial charge in [-0.1, -0.05) is 28.1 Å². The minimum Gasteiger partial charge on any atom is -0.345 e. The molecule has 2 heterocycles. The predicted molar refractivity (Wildman–Crippen MR) is 98.4 cm³/mol. The Hall–Kier alpha value is -1.21. The maximum Gasteiger partial charge on any atom is 0.251 e. The first-order valence-electron chi connectivity index (χ1n) is 8.91. The number of carbonyl (C=O) groups excluding carboxylic acids is 1. The molecular weight excluding hydrogens is 384 g/mol. The number of hydrogen-bond donors (Lipinski definition) is 1. The average Bonchev–Trinajstić information content (AvgIpc) is 3.30. The Balaban J connectivity index is 1.58. The van der Waals surface area contributed by atoms with E-state index >= 15 is 0 Å². The van der Waals surface area contributed by atoms with Gasteiger partial charge in [0.2, 0.25) is 0 Å². The van der Waals surface area contributed by atoms with E-state index in [1.807, 2.05) is 24.3 Å². The molecule has 1 aromatic rings. The summed E-state index contributed by atoms with van der Waals surface area (Å²) in [5.41, 5.74) is 0.653. The zero-order chi connectivity index (χ0) is 17.3. The Morgan fingerprint density at radius 3 is 2.52 bits per heavy atom. The van der Waals surface area contributed by atoms with Crippen LogP contribution in [0.2, 0.25) is 0 Å². The summed E-state index contributed by atoms with van der Waals surface area (Å²) in [6.45, 7) is 3.03. The van der Waals surface area contributed by atoms with E-state index in [1.165, 1.54) is 0 Å². The molecule has 2 atom stereocenters. The van der Waals surface area contributed by atoms with E-state index in [4.69, 9.17) is 9.47 Å². The molecule has 0 bridgehead atoms. The molecule has 1 amide bonds. The van der Waals surface area contributed by atoms with Gasteiger partial charge in [0.15, 0.2) is 5.79 Å². The third kappa shape index (κ3) is 3.40. The number of benzene rings is 1. The van der Waals surface area contributed by atoms with Crippen LogP contribution in [-0.4, -0.2) is 55.0 Å². The van der Waals surface area contributed by atoms with Gasteiger partial charge in [-0.25, -0.2) is 0 Å². The lowest BCUT2D eigenvalue weighted by atomic mass is 9.83. The van der Waals surface area contributed by atoms with E-state index < -0.39 is 5.79 Å². The lowest BCUT2D eigenvalue weighted by Gasteiger charge is -2.47. The number of rotatable bonds is 3. The fourth-order valence-electron chi connectivity index (χ4n) is 4.16. The van der Waals surface area contributed by atoms with Crippen molar-refractivity contribution in [2.45, 2.75) is 37.1 Å². The first-order chi connectivity index (χ1) is 12.2. The fraction of sp³-hybridized carbons (Fsp3) is 0.526. The Labute approximate surface area is 156 Å². The zero-order valence-corrected chi connectivity index (χ0v) is 15.7. The number of halogens is 1. The zero-order valence-electron chi connectivity index (χ0n) is 14.1. The molecule has 1 aliphatic carbocycles. The summed E-state index contributed by atoms with van der Waals surface area (Å²) in [5.74, 6) is -0.758. The van der Waals surface area contributed by atoms with Gasteiger partial charge in [0, 0.05) is 35.6 Å². The molecular formula is C19H23BrN2O3. The van der Waals surface area contributed by atoms with Crippen LogP contribution in [0.25, 0.3) is 0 Å². The SMILES string of the molecule is O=C(NC1C(N2CC=CC2)CCCC12OCCO2)c1ccc(Br)cc1. The first kappa shape index (κ1) is 17.2. The van der Waals surface area contributed by atoms with Crippen molar-refractivity contribution in [1.29, 1.82) is 0 Å². The van der Waals surface area contributed by atoms with Crippen molar-refractivity contribution in [3.8, 4) is 0 Å². The molecule has 25 heavy (non-hydrogen) atoms. The maximum absolute atomic E-state index is 12.9. The Bertz CT molecular complexity index is 647. The van der Waals surface area contributed by atoms with Gasteiger partial charge in [0.25, 0.3) is 5.91 Å². The molecule has 1 spiro atoms. The molecule has 1 saturated heterocycles. The van der Waals surface area contributed by atoms with Gasteiger partial charge in [-0.05, 0) is 37.1 Å². The van der Waals surface area contributed by atoms with Crippen LogP contribution >= 0.6 is 15.9 Å². The molecule has 5 nitrogen and oxygen atoms in total. The lowest BCUT2D eigenvalue weighted by molar-refractivity contribution is -0.205. The summed E-state index contributed by atoms with van der Waals surface area (Å²) in [6, 6.07) is 7.49. The third-order valence-corrected chi connectivity index (χ3v) is 5.90. The lowest BCUT2D eigenvalue weighted by Crippen LogP contribution is -2.65. The van der Waals surface area contributed by atoms with Crippen molar-refractivity contribution in [3.05, 3.63) is 46.5 Å². The van der Waals surface area contributed by atoms with Crippen LogP contribution in [-0.2, 0) is 9.47 Å². The van der Waals surface area contributed by atoms with Gasteiger partial charge in [-0.3, -0.25) is 9.69 Å². The summed E-state index contributed by atoms with van der Waals surface area (Å²) < 4.78 is 13.1. The first-order valence-corrected chi connectivity index (χ1v) is 9.71. The molecule has 1 N–H and O–H groups in total. The van der Waals surface area contributed by atoms with Gasteiger partial charge in [-0.15, -0.1) is 0 Å². The van der Waals surface area contributed by atoms with Crippen LogP contribution in [0.3, 0.4) is 0 Å². The van der Waals surface area contributed by atoms with Gasteiger partial charge in [0.1, 0.15) is 0 Å². The second-order valence-corrected chi connectivity index (χ2v) is 7.77. The normalized spacial score (nSPS) is 28.5. The Morgan fingerprint density at radius 2 is 1.84 bits per heavy atom. The van der Waals surface area contributed by atoms with E-state index in [0.717, 1.165) is 36.8 Å². The summed E-state index contributed by atoms with van der Waals surface area (Å²) in [7, 11) is 0. The van der Waals surface area contributed by atoms with E-state index in [9.17, 15) is 4.79 Å². The number of carbonyl (C=O) groups is 1. The van der Waals surface area contributed by atoms with E-state index in [-0.39, 0.29) is 18.0 Å². The molecule has 134 valence electrons. The maximum atomic E-state index is 12.9. The fourth-order valence-corrected chi connectivity index (χ4v) is 4.42. The van der Waals surface area contributed by atoms with Crippen molar-refractivity contribution >= 4 is 21.8 Å². The van der Waals surface area contributed by atoms with Gasteiger partial charge >= 0.3 is 0 Å². The molecule has 3 aliphatic rings. The van der Waals surface area contributed by atoms with Crippen LogP contribution in [0, 0.1) is 0 Å². The minimum absolute atomic E-state index is 0.0740. The van der Waals surface area contributed by atoms with E-state index in [0.29, 0.717) is 18.8 Å². The van der Waals surface area contributed by atoms with E-state index in [2.05, 4.69) is 38.3 Å². The molecule has 6 heteroatoms. The minimum atomic E-state index is -0.684. The van der Waals surface area contributed by atoms with Crippen LogP contribution in [0.5, 0.6) is 0 Å². The summed E-state index contributed by atoms with van der Waals surface area (Å²) in [5, 5.41) is 3.24. The Morgan fingerprint density at radius 1 is 1.16 bits per heavy atom. The third-order valence-electron chi connectivity index (χ3n) is 5.37. The monoisotopic (exact) mass is 406 g/mol. The largest absolute Gasteiger partial charge is 0.345 e. The molecule has 4 rings (SSSR count). The molecule has 1 aromatic carbocycles. The average molecular weight is 407 g/mol. The molecule has 2 aliphatic heterocycles. The quantitative estimate of drug-likeness (QED) is 0.783. The topological polar surface area (TPSA) is 50.8 Å². The van der Waals surface area contributed by atoms with Crippen LogP contribution < -0.4 is 5.32 Å². The highest BCUT2D eigenvalue weighted by Gasteiger charge is 2.52. The van der Waals surface area contributed by atoms with Crippen LogP contribution in [0.4, 0.5) is 0 Å². The highest BCUT2D eigenvalue weighted by molar-refractivity contribution is 9.10. The smallest absolute Gasteiger partial charge is 0.251 e. The van der Waals surface area contributed by atoms with Gasteiger partial charge < -0.3 is 14.8 Å². The van der Waals surface area contributed by atoms with Crippen molar-refractivity contribution in [3.63, 3.8) is 0 Å². The number of ether oxygens (including phenoxy) is 2. The summed E-state index contributed by atoms with van der Waals surface area (Å²) >= 11 is 3.41. The second kappa shape index (κ2) is 7.19. The van der Waals surface area contributed by atoms with Gasteiger partial charge in [0.05, 0.1) is 19.3 Å². The molecule has 0 aromatic heterocycles. The molecule has 2 unspecified atom stereocenters. The number of hydrogen-bond acceptors (Lipinski definition) is 4. The molecule has 0 radical (unpaired) electrons. The highest BCUT2D eigenvalue weighted by atomic mass is 79.9. The summed E-state index contributed by atoms with van der Waals surface area (Å²) in [6.07, 6.45) is 7.29. The van der Waals surface area contributed by atoms with Crippen molar-refractivity contribution in [2.24, 2.45) is 0 Å². The number of amides is 1. The van der Waals surface area contributed by atoms with Gasteiger partial charge in [-0.2, -0.15) is 0 Å². The van der Waals surface area contributed by atoms with Crippen LogP contribution in [0.1, 0.15) is 29.6 Å². The van der Waals surface area contributed by atoms with E-state index in [1.54, 1.807) is 0 Å². The Kier molecular flexibility index (Phi) is 4.95. The number of nitrogens with zero attached hydrogens (tertiary/aromatic N) is 1. The molecule has 2 fully saturated rings. The van der Waals surface area contributed by atoms with Crippen molar-refractivity contribution in [2.75, 3.05) is 26.3 Å². The summed E-state index contributed by atoms with van der Waals surface area (Å²) in [4.78, 5) is 15.3. The second-order valence-electron chi connectivity index (χ2n) is 6.85. The number of nitrogens with one attached hydrogen (secondary N) is 1. The van der Waals surface area contributed by atoms with Crippen molar-refractivity contribution < 1.29 is 14.3 Å². The highest BCUT2D eigenvalue weighted by Crippen LogP contribution is 2.38. The standard InChI is InChI=1S/C19H23BrN2O3/c20-15-7-5-14(6-8-15)18(23)21-17-16(22-10-1-2-11-22)4-3-9-19(17)24-12-13-25-19/h1-2,5-8,16-17H,3-4,9-13H2,(H,21,23). The predicted octanol–water partition coefficient (Wildman–Crippen LogP) is 2.71. The van der Waals surface area contributed by atoms with Crippen molar-refractivity contribution in [1.82, 2.24) is 10.2 Å².